The lowest BCUT2D eigenvalue weighted by Crippen LogP contribution is -2.24. The zero-order valence-corrected chi connectivity index (χ0v) is 19.5. The van der Waals surface area contributed by atoms with Gasteiger partial charge in [0.05, 0.1) is 13.2 Å². The Kier molecular flexibility index (Phi) is 8.01. The van der Waals surface area contributed by atoms with Crippen LogP contribution in [0.1, 0.15) is 87.5 Å². The molecule has 0 aromatic heterocycles. The first-order chi connectivity index (χ1) is 14.9. The highest BCUT2D eigenvalue weighted by Gasteiger charge is 2.38. The molecule has 1 fully saturated rings. The second-order valence-electron chi connectivity index (χ2n) is 9.25. The molecule has 1 aliphatic rings. The average molecular weight is 427 g/mol. The van der Waals surface area contributed by atoms with Crippen LogP contribution in [0.2, 0.25) is 0 Å². The van der Waals surface area contributed by atoms with Gasteiger partial charge in [0.25, 0.3) is 0 Å². The van der Waals surface area contributed by atoms with Crippen LogP contribution in [0.5, 0.6) is 11.5 Å². The Hall–Kier alpha value is -2.04. The third-order valence-electron chi connectivity index (χ3n) is 6.52. The Balaban J connectivity index is 2.07. The molecule has 3 rings (SSSR count). The highest BCUT2D eigenvalue weighted by molar-refractivity contribution is 5.50. The maximum Gasteiger partial charge on any atom is 0.122 e. The van der Waals surface area contributed by atoms with Gasteiger partial charge in [0.15, 0.2) is 0 Å². The number of ether oxygens (including phenoxy) is 2. The number of benzene rings is 2. The predicted octanol–water partition coefficient (Wildman–Crippen LogP) is 5.54. The first-order valence-electron chi connectivity index (χ1n) is 11.7. The Bertz CT molecular complexity index is 785. The minimum absolute atomic E-state index is 0.00169. The fraction of sp³-hybridized carbons (Fsp3) is 0.556. The van der Waals surface area contributed by atoms with Crippen LogP contribution in [0.3, 0.4) is 0 Å². The second kappa shape index (κ2) is 10.5. The van der Waals surface area contributed by atoms with E-state index in [2.05, 4.69) is 64.1 Å². The Morgan fingerprint density at radius 3 is 1.52 bits per heavy atom. The molecule has 4 heteroatoms. The summed E-state index contributed by atoms with van der Waals surface area (Å²) in [5.74, 6) is 2.42. The fourth-order valence-electron chi connectivity index (χ4n) is 4.89. The normalized spacial score (nSPS) is 15.6. The Labute approximate surface area is 187 Å². The number of aliphatic hydroxyl groups excluding tert-OH is 2. The van der Waals surface area contributed by atoms with E-state index >= 15 is 0 Å². The number of aliphatic hydroxyl groups is 2. The van der Waals surface area contributed by atoms with Gasteiger partial charge in [-0.05, 0) is 59.1 Å². The van der Waals surface area contributed by atoms with Crippen molar-refractivity contribution in [3.05, 3.63) is 58.7 Å². The molecule has 31 heavy (non-hydrogen) atoms. The molecule has 2 aromatic rings. The number of hydrogen-bond acceptors (Lipinski definition) is 4. The molecule has 0 amide bonds. The van der Waals surface area contributed by atoms with Crippen LogP contribution < -0.4 is 9.47 Å². The van der Waals surface area contributed by atoms with E-state index in [4.69, 9.17) is 9.47 Å². The highest BCUT2D eigenvalue weighted by atomic mass is 16.5. The van der Waals surface area contributed by atoms with Gasteiger partial charge in [0.2, 0.25) is 0 Å². The smallest absolute Gasteiger partial charge is 0.122 e. The Morgan fingerprint density at radius 2 is 1.16 bits per heavy atom. The molecule has 2 N–H and O–H groups in total. The van der Waals surface area contributed by atoms with E-state index in [1.54, 1.807) is 0 Å². The van der Waals surface area contributed by atoms with Crippen molar-refractivity contribution >= 4 is 0 Å². The maximum atomic E-state index is 9.17. The van der Waals surface area contributed by atoms with Crippen molar-refractivity contribution in [2.75, 3.05) is 26.4 Å². The van der Waals surface area contributed by atoms with E-state index in [-0.39, 0.29) is 18.6 Å². The third kappa shape index (κ3) is 5.07. The van der Waals surface area contributed by atoms with Crippen LogP contribution in [-0.4, -0.2) is 36.6 Å². The molecule has 1 saturated carbocycles. The van der Waals surface area contributed by atoms with E-state index in [1.807, 2.05) is 0 Å². The number of rotatable bonds is 10. The molecule has 0 heterocycles. The predicted molar refractivity (Wildman–Crippen MR) is 125 cm³/mol. The van der Waals surface area contributed by atoms with Crippen LogP contribution in [-0.2, 0) is 5.41 Å². The van der Waals surface area contributed by atoms with E-state index in [9.17, 15) is 10.2 Å². The van der Waals surface area contributed by atoms with E-state index in [0.29, 0.717) is 25.0 Å². The standard InChI is InChI=1S/C27H38O4/c1-19(2)23-17-21(7-9-25(23)30-15-13-28)27(11-5-6-12-27)22-8-10-26(31-16-14-29)24(18-22)20(3)4/h7-10,17-20,28-29H,5-6,11-16H2,1-4H3. The van der Waals surface area contributed by atoms with Crippen molar-refractivity contribution in [2.24, 2.45) is 0 Å². The summed E-state index contributed by atoms with van der Waals surface area (Å²) in [5.41, 5.74) is 5.10. The van der Waals surface area contributed by atoms with Gasteiger partial charge in [-0.3, -0.25) is 0 Å². The molecule has 0 atom stereocenters. The van der Waals surface area contributed by atoms with E-state index < -0.39 is 0 Å². The van der Waals surface area contributed by atoms with Crippen LogP contribution >= 0.6 is 0 Å². The maximum absolute atomic E-state index is 9.17. The van der Waals surface area contributed by atoms with Crippen molar-refractivity contribution < 1.29 is 19.7 Å². The monoisotopic (exact) mass is 426 g/mol. The summed E-state index contributed by atoms with van der Waals surface area (Å²) in [6.07, 6.45) is 4.71. The molecular formula is C27H38O4. The van der Waals surface area contributed by atoms with Crippen molar-refractivity contribution in [1.82, 2.24) is 0 Å². The Morgan fingerprint density at radius 1 is 0.742 bits per heavy atom. The zero-order valence-electron chi connectivity index (χ0n) is 19.5. The van der Waals surface area contributed by atoms with Gasteiger partial charge in [0, 0.05) is 5.41 Å². The molecule has 170 valence electrons. The van der Waals surface area contributed by atoms with Gasteiger partial charge in [-0.2, -0.15) is 0 Å². The van der Waals surface area contributed by atoms with Crippen LogP contribution in [0.25, 0.3) is 0 Å². The van der Waals surface area contributed by atoms with Crippen molar-refractivity contribution in [3.8, 4) is 11.5 Å². The zero-order chi connectivity index (χ0) is 22.4. The first kappa shape index (κ1) is 23.6. The van der Waals surface area contributed by atoms with Gasteiger partial charge >= 0.3 is 0 Å². The lowest BCUT2D eigenvalue weighted by Gasteiger charge is -2.33. The number of hydrogen-bond donors (Lipinski definition) is 2. The minimum Gasteiger partial charge on any atom is -0.491 e. The summed E-state index contributed by atoms with van der Waals surface area (Å²) in [6, 6.07) is 13.3. The third-order valence-corrected chi connectivity index (χ3v) is 6.52. The van der Waals surface area contributed by atoms with Gasteiger partial charge in [-0.1, -0.05) is 64.8 Å². The molecule has 0 unspecified atom stereocenters. The summed E-state index contributed by atoms with van der Waals surface area (Å²) >= 11 is 0. The average Bonchev–Trinajstić information content (AvgIpc) is 3.27. The molecule has 4 nitrogen and oxygen atoms in total. The van der Waals surface area contributed by atoms with Gasteiger partial charge in [-0.25, -0.2) is 0 Å². The molecule has 0 aliphatic heterocycles. The van der Waals surface area contributed by atoms with Gasteiger partial charge < -0.3 is 19.7 Å². The van der Waals surface area contributed by atoms with Gasteiger partial charge in [0.1, 0.15) is 24.7 Å². The molecule has 0 saturated heterocycles. The van der Waals surface area contributed by atoms with Gasteiger partial charge in [-0.15, -0.1) is 0 Å². The first-order valence-corrected chi connectivity index (χ1v) is 11.7. The van der Waals surface area contributed by atoms with Crippen LogP contribution in [0.4, 0.5) is 0 Å². The summed E-state index contributed by atoms with van der Waals surface area (Å²) in [7, 11) is 0. The molecular weight excluding hydrogens is 388 g/mol. The lowest BCUT2D eigenvalue weighted by atomic mass is 9.71. The van der Waals surface area contributed by atoms with E-state index in [1.165, 1.54) is 35.1 Å². The summed E-state index contributed by atoms with van der Waals surface area (Å²) in [5, 5.41) is 18.3. The fourth-order valence-corrected chi connectivity index (χ4v) is 4.89. The second-order valence-corrected chi connectivity index (χ2v) is 9.25. The SMILES string of the molecule is CC(C)c1cc(C2(c3ccc(OCCO)c(C(C)C)c3)CCCC2)ccc1OCCO. The minimum atomic E-state index is -0.00169. The molecule has 0 spiro atoms. The quantitative estimate of drug-likeness (QED) is 0.524. The highest BCUT2D eigenvalue weighted by Crippen LogP contribution is 2.49. The largest absolute Gasteiger partial charge is 0.491 e. The van der Waals surface area contributed by atoms with Crippen LogP contribution in [0.15, 0.2) is 36.4 Å². The molecule has 1 aliphatic carbocycles. The van der Waals surface area contributed by atoms with E-state index in [0.717, 1.165) is 24.3 Å². The summed E-state index contributed by atoms with van der Waals surface area (Å²) in [6.45, 7) is 9.44. The molecule has 0 radical (unpaired) electrons. The summed E-state index contributed by atoms with van der Waals surface area (Å²) in [4.78, 5) is 0. The van der Waals surface area contributed by atoms with Crippen molar-refractivity contribution in [3.63, 3.8) is 0 Å². The topological polar surface area (TPSA) is 58.9 Å². The van der Waals surface area contributed by atoms with Crippen molar-refractivity contribution in [1.29, 1.82) is 0 Å². The van der Waals surface area contributed by atoms with Crippen molar-refractivity contribution in [2.45, 2.75) is 70.6 Å². The lowest BCUT2D eigenvalue weighted by molar-refractivity contribution is 0.200. The molecule has 0 bridgehead atoms. The summed E-state index contributed by atoms with van der Waals surface area (Å²) < 4.78 is 11.6. The van der Waals surface area contributed by atoms with Crippen LogP contribution in [0, 0.1) is 0 Å². The molecule has 2 aromatic carbocycles.